The van der Waals surface area contributed by atoms with Crippen molar-refractivity contribution in [2.24, 2.45) is 10.4 Å². The summed E-state index contributed by atoms with van der Waals surface area (Å²) >= 11 is 1.57. The molecule has 6 heteroatoms. The van der Waals surface area contributed by atoms with Gasteiger partial charge in [0.1, 0.15) is 11.5 Å². The van der Waals surface area contributed by atoms with Gasteiger partial charge in [0.05, 0.1) is 12.0 Å². The normalized spacial score (nSPS) is 17.0. The molecule has 2 aromatic carbocycles. The molecule has 27 heavy (non-hydrogen) atoms. The van der Waals surface area contributed by atoms with Crippen LogP contribution in [0.3, 0.4) is 0 Å². The number of amidine groups is 1. The number of amides is 1. The Balaban J connectivity index is 1.96. The first kappa shape index (κ1) is 19.3. The predicted octanol–water partition coefficient (Wildman–Crippen LogP) is 3.86. The SMILES string of the molecule is CC1CN=C(NC(=O)C(C)(C)C(c2ccc(O)cc2)c2ccc(O)cc2)S1. The fourth-order valence-corrected chi connectivity index (χ4v) is 4.13. The predicted molar refractivity (Wildman–Crippen MR) is 109 cm³/mol. The van der Waals surface area contributed by atoms with Crippen molar-refractivity contribution in [3.8, 4) is 11.5 Å². The van der Waals surface area contributed by atoms with Gasteiger partial charge in [-0.25, -0.2) is 0 Å². The summed E-state index contributed by atoms with van der Waals surface area (Å²) in [7, 11) is 0. The molecule has 2 aromatic rings. The van der Waals surface area contributed by atoms with E-state index in [-0.39, 0.29) is 23.3 Å². The van der Waals surface area contributed by atoms with Gasteiger partial charge in [0, 0.05) is 11.2 Å². The maximum atomic E-state index is 13.1. The molecule has 0 saturated carbocycles. The number of thioether (sulfide) groups is 1. The van der Waals surface area contributed by atoms with Crippen molar-refractivity contribution in [2.45, 2.75) is 31.9 Å². The van der Waals surface area contributed by atoms with Crippen molar-refractivity contribution in [3.05, 3.63) is 59.7 Å². The van der Waals surface area contributed by atoms with Crippen LogP contribution < -0.4 is 5.32 Å². The molecule has 3 N–H and O–H groups in total. The maximum absolute atomic E-state index is 13.1. The Morgan fingerprint density at radius 2 is 1.56 bits per heavy atom. The molecular formula is C21H24N2O3S. The molecule has 142 valence electrons. The smallest absolute Gasteiger partial charge is 0.232 e. The molecular weight excluding hydrogens is 360 g/mol. The number of benzene rings is 2. The van der Waals surface area contributed by atoms with E-state index in [1.54, 1.807) is 36.0 Å². The van der Waals surface area contributed by atoms with Crippen molar-refractivity contribution in [3.63, 3.8) is 0 Å². The Morgan fingerprint density at radius 1 is 1.07 bits per heavy atom. The van der Waals surface area contributed by atoms with Crippen LogP contribution in [-0.4, -0.2) is 33.1 Å². The van der Waals surface area contributed by atoms with Gasteiger partial charge in [-0.05, 0) is 35.4 Å². The first-order valence-corrected chi connectivity index (χ1v) is 9.76. The van der Waals surface area contributed by atoms with Gasteiger partial charge >= 0.3 is 0 Å². The second-order valence-electron chi connectivity index (χ2n) is 7.37. The highest BCUT2D eigenvalue weighted by atomic mass is 32.2. The molecule has 3 rings (SSSR count). The quantitative estimate of drug-likeness (QED) is 0.747. The number of rotatable bonds is 4. The van der Waals surface area contributed by atoms with Crippen LogP contribution in [-0.2, 0) is 4.79 Å². The number of phenolic OH excluding ortho intramolecular Hbond substituents is 2. The minimum atomic E-state index is -0.789. The number of aliphatic imine (C=N–C) groups is 1. The van der Waals surface area contributed by atoms with Crippen LogP contribution in [0.25, 0.3) is 0 Å². The number of carbonyl (C=O) groups is 1. The average molecular weight is 385 g/mol. The summed E-state index contributed by atoms with van der Waals surface area (Å²) in [5.41, 5.74) is 1.03. The van der Waals surface area contributed by atoms with E-state index in [1.165, 1.54) is 0 Å². The zero-order chi connectivity index (χ0) is 19.6. The summed E-state index contributed by atoms with van der Waals surface area (Å²) in [6.45, 7) is 6.58. The lowest BCUT2D eigenvalue weighted by molar-refractivity contribution is -0.128. The largest absolute Gasteiger partial charge is 0.508 e. The highest BCUT2D eigenvalue weighted by molar-refractivity contribution is 8.14. The Hall–Kier alpha value is -2.47. The van der Waals surface area contributed by atoms with Crippen molar-refractivity contribution < 1.29 is 15.0 Å². The van der Waals surface area contributed by atoms with Gasteiger partial charge in [0.2, 0.25) is 5.91 Å². The summed E-state index contributed by atoms with van der Waals surface area (Å²) < 4.78 is 0. The lowest BCUT2D eigenvalue weighted by Crippen LogP contribution is -2.43. The molecule has 1 unspecified atom stereocenters. The molecule has 5 nitrogen and oxygen atoms in total. The topological polar surface area (TPSA) is 81.9 Å². The van der Waals surface area contributed by atoms with E-state index in [0.717, 1.165) is 11.1 Å². The van der Waals surface area contributed by atoms with Crippen LogP contribution in [0.1, 0.15) is 37.8 Å². The molecule has 0 aliphatic carbocycles. The van der Waals surface area contributed by atoms with Crippen molar-refractivity contribution >= 4 is 22.8 Å². The van der Waals surface area contributed by atoms with Gasteiger partial charge in [-0.2, -0.15) is 0 Å². The number of carbonyl (C=O) groups excluding carboxylic acids is 1. The van der Waals surface area contributed by atoms with Gasteiger partial charge in [0.25, 0.3) is 0 Å². The fourth-order valence-electron chi connectivity index (χ4n) is 3.29. The highest BCUT2D eigenvalue weighted by Gasteiger charge is 2.39. The molecule has 0 saturated heterocycles. The van der Waals surface area contributed by atoms with E-state index in [4.69, 9.17) is 0 Å². The lowest BCUT2D eigenvalue weighted by atomic mass is 9.70. The number of nitrogens with one attached hydrogen (secondary N) is 1. The number of hydrogen-bond acceptors (Lipinski definition) is 5. The Labute approximate surface area is 163 Å². The standard InChI is InChI=1S/C21H24N2O3S/c1-13-12-22-20(27-13)23-19(26)21(2,3)18(14-4-8-16(24)9-5-14)15-6-10-17(25)11-7-15/h4-11,13,18,24-25H,12H2,1-3H3,(H,22,23,26). The monoisotopic (exact) mass is 384 g/mol. The van der Waals surface area contributed by atoms with E-state index < -0.39 is 5.41 Å². The maximum Gasteiger partial charge on any atom is 0.232 e. The molecule has 1 amide bonds. The third kappa shape index (κ3) is 4.27. The van der Waals surface area contributed by atoms with Crippen LogP contribution in [0.5, 0.6) is 11.5 Å². The Bertz CT molecular complexity index is 799. The zero-order valence-electron chi connectivity index (χ0n) is 15.6. The van der Waals surface area contributed by atoms with Gasteiger partial charge in [-0.15, -0.1) is 0 Å². The summed E-state index contributed by atoms with van der Waals surface area (Å²) in [4.78, 5) is 17.5. The molecule has 0 aromatic heterocycles. The highest BCUT2D eigenvalue weighted by Crippen LogP contribution is 2.42. The molecule has 0 radical (unpaired) electrons. The van der Waals surface area contributed by atoms with Gasteiger partial charge in [0.15, 0.2) is 5.17 Å². The number of nitrogens with zero attached hydrogens (tertiary/aromatic N) is 1. The van der Waals surface area contributed by atoms with Crippen LogP contribution in [0, 0.1) is 5.41 Å². The number of hydrogen-bond donors (Lipinski definition) is 3. The first-order valence-electron chi connectivity index (χ1n) is 8.88. The van der Waals surface area contributed by atoms with Gasteiger partial charge in [-0.3, -0.25) is 9.79 Å². The van der Waals surface area contributed by atoms with Crippen LogP contribution in [0.2, 0.25) is 0 Å². The van der Waals surface area contributed by atoms with Crippen LogP contribution in [0.4, 0.5) is 0 Å². The lowest BCUT2D eigenvalue weighted by Gasteiger charge is -2.34. The molecule has 0 spiro atoms. The van der Waals surface area contributed by atoms with E-state index >= 15 is 0 Å². The molecule has 0 fully saturated rings. The van der Waals surface area contributed by atoms with Crippen molar-refractivity contribution in [2.75, 3.05) is 6.54 Å². The Morgan fingerprint density at radius 3 is 1.96 bits per heavy atom. The summed E-state index contributed by atoms with van der Waals surface area (Å²) in [5.74, 6) is -0.0237. The van der Waals surface area contributed by atoms with Gasteiger partial charge < -0.3 is 15.5 Å². The molecule has 1 aliphatic rings. The van der Waals surface area contributed by atoms with E-state index in [0.29, 0.717) is 17.0 Å². The minimum absolute atomic E-state index is 0.117. The summed E-state index contributed by atoms with van der Waals surface area (Å²) in [5, 5.41) is 23.3. The van der Waals surface area contributed by atoms with Crippen molar-refractivity contribution in [1.82, 2.24) is 5.32 Å². The zero-order valence-corrected chi connectivity index (χ0v) is 16.5. The Kier molecular flexibility index (Phi) is 5.46. The molecule has 1 atom stereocenters. The third-order valence-corrected chi connectivity index (χ3v) is 5.79. The van der Waals surface area contributed by atoms with E-state index in [1.807, 2.05) is 38.1 Å². The fraction of sp³-hybridized carbons (Fsp3) is 0.333. The second kappa shape index (κ2) is 7.64. The van der Waals surface area contributed by atoms with E-state index in [9.17, 15) is 15.0 Å². The third-order valence-electron chi connectivity index (χ3n) is 4.79. The summed E-state index contributed by atoms with van der Waals surface area (Å²) in [6, 6.07) is 13.8. The van der Waals surface area contributed by atoms with Crippen LogP contribution in [0.15, 0.2) is 53.5 Å². The molecule has 0 bridgehead atoms. The second-order valence-corrected chi connectivity index (χ2v) is 8.79. The summed E-state index contributed by atoms with van der Waals surface area (Å²) in [6.07, 6.45) is 0. The average Bonchev–Trinajstić information content (AvgIpc) is 3.03. The molecule has 1 heterocycles. The number of phenols is 2. The van der Waals surface area contributed by atoms with Gasteiger partial charge in [-0.1, -0.05) is 56.8 Å². The van der Waals surface area contributed by atoms with Crippen molar-refractivity contribution in [1.29, 1.82) is 0 Å². The number of aromatic hydroxyl groups is 2. The minimum Gasteiger partial charge on any atom is -0.508 e. The van der Waals surface area contributed by atoms with Crippen LogP contribution >= 0.6 is 11.8 Å². The first-order chi connectivity index (χ1) is 12.8. The van der Waals surface area contributed by atoms with E-state index in [2.05, 4.69) is 17.2 Å². The molecule has 1 aliphatic heterocycles.